The summed E-state index contributed by atoms with van der Waals surface area (Å²) in [5, 5.41) is 10.3. The zero-order chi connectivity index (χ0) is 14.8. The molecule has 0 radical (unpaired) electrons. The molecule has 7 heteroatoms. The lowest BCUT2D eigenvalue weighted by molar-refractivity contribution is -0.133. The summed E-state index contributed by atoms with van der Waals surface area (Å²) in [7, 11) is 1.61. The van der Waals surface area contributed by atoms with Gasteiger partial charge in [0, 0.05) is 25.9 Å². The van der Waals surface area contributed by atoms with Crippen LogP contribution in [0, 0.1) is 0 Å². The molecule has 0 aromatic carbocycles. The van der Waals surface area contributed by atoms with E-state index in [1.54, 1.807) is 7.05 Å². The summed E-state index contributed by atoms with van der Waals surface area (Å²) in [6, 6.07) is 1.19. The van der Waals surface area contributed by atoms with Gasteiger partial charge in [0.05, 0.1) is 5.60 Å². The Bertz CT molecular complexity index is 598. The van der Waals surface area contributed by atoms with Gasteiger partial charge in [0.25, 0.3) is 5.56 Å². The normalized spacial score (nSPS) is 17.1. The topological polar surface area (TPSA) is 95.4 Å². The second-order valence-corrected chi connectivity index (χ2v) is 5.42. The maximum atomic E-state index is 12.0. The molecule has 2 rings (SSSR count). The van der Waals surface area contributed by atoms with Crippen LogP contribution < -0.4 is 11.2 Å². The van der Waals surface area contributed by atoms with Gasteiger partial charge < -0.3 is 10.0 Å². The molecule has 0 saturated heterocycles. The van der Waals surface area contributed by atoms with E-state index < -0.39 is 16.9 Å². The van der Waals surface area contributed by atoms with Crippen LogP contribution in [0.5, 0.6) is 0 Å². The standard InChI is InChI=1S/C13H19N3O4/c1-15(9-13(20)5-2-3-6-13)11(18)8-16-7-4-10(17)14-12(16)19/h4,7,20H,2-3,5-6,8-9H2,1H3,(H,14,17,19). The van der Waals surface area contributed by atoms with Crippen molar-refractivity contribution in [1.29, 1.82) is 0 Å². The Hall–Kier alpha value is -1.89. The summed E-state index contributed by atoms with van der Waals surface area (Å²) in [6.07, 6.45) is 4.62. The van der Waals surface area contributed by atoms with Crippen LogP contribution in [-0.2, 0) is 11.3 Å². The molecule has 1 aliphatic carbocycles. The Kier molecular flexibility index (Phi) is 4.08. The van der Waals surface area contributed by atoms with Crippen LogP contribution in [-0.4, -0.2) is 44.7 Å². The lowest BCUT2D eigenvalue weighted by Gasteiger charge is -2.28. The van der Waals surface area contributed by atoms with E-state index in [1.807, 2.05) is 0 Å². The van der Waals surface area contributed by atoms with Gasteiger partial charge in [-0.1, -0.05) is 12.8 Å². The number of aliphatic hydroxyl groups is 1. The molecule has 1 aromatic rings. The number of amides is 1. The average Bonchev–Trinajstić information content (AvgIpc) is 2.79. The third-order valence-electron chi connectivity index (χ3n) is 3.69. The highest BCUT2D eigenvalue weighted by atomic mass is 16.3. The molecule has 2 N–H and O–H groups in total. The molecule has 1 aromatic heterocycles. The Morgan fingerprint density at radius 2 is 2.10 bits per heavy atom. The van der Waals surface area contributed by atoms with Gasteiger partial charge in [-0.3, -0.25) is 19.1 Å². The molecule has 110 valence electrons. The van der Waals surface area contributed by atoms with Crippen molar-refractivity contribution in [2.45, 2.75) is 37.8 Å². The van der Waals surface area contributed by atoms with Crippen LogP contribution >= 0.6 is 0 Å². The smallest absolute Gasteiger partial charge is 0.328 e. The van der Waals surface area contributed by atoms with Crippen LogP contribution in [0.15, 0.2) is 21.9 Å². The number of likely N-dealkylation sites (N-methyl/N-ethyl adjacent to an activating group) is 1. The van der Waals surface area contributed by atoms with Gasteiger partial charge in [0.15, 0.2) is 0 Å². The van der Waals surface area contributed by atoms with Crippen LogP contribution in [0.2, 0.25) is 0 Å². The lowest BCUT2D eigenvalue weighted by Crippen LogP contribution is -2.44. The number of hydrogen-bond acceptors (Lipinski definition) is 4. The van der Waals surface area contributed by atoms with Crippen molar-refractivity contribution >= 4 is 5.91 Å². The minimum atomic E-state index is -0.805. The summed E-state index contributed by atoms with van der Waals surface area (Å²) >= 11 is 0. The van der Waals surface area contributed by atoms with Crippen molar-refractivity contribution in [2.24, 2.45) is 0 Å². The van der Waals surface area contributed by atoms with E-state index in [4.69, 9.17) is 0 Å². The number of carbonyl (C=O) groups is 1. The fourth-order valence-electron chi connectivity index (χ4n) is 2.56. The number of carbonyl (C=O) groups excluding carboxylic acids is 1. The molecule has 0 aliphatic heterocycles. The molecule has 1 fully saturated rings. The van der Waals surface area contributed by atoms with Gasteiger partial charge >= 0.3 is 5.69 Å². The van der Waals surface area contributed by atoms with Crippen LogP contribution in [0.3, 0.4) is 0 Å². The van der Waals surface area contributed by atoms with Crippen LogP contribution in [0.1, 0.15) is 25.7 Å². The average molecular weight is 281 g/mol. The molecule has 0 spiro atoms. The molecular weight excluding hydrogens is 262 g/mol. The van der Waals surface area contributed by atoms with Crippen molar-refractivity contribution in [2.75, 3.05) is 13.6 Å². The van der Waals surface area contributed by atoms with Gasteiger partial charge in [0.2, 0.25) is 5.91 Å². The molecule has 0 bridgehead atoms. The quantitative estimate of drug-likeness (QED) is 0.763. The fraction of sp³-hybridized carbons (Fsp3) is 0.615. The van der Waals surface area contributed by atoms with Crippen molar-refractivity contribution in [3.63, 3.8) is 0 Å². The van der Waals surface area contributed by atoms with Gasteiger partial charge in [-0.05, 0) is 12.8 Å². The highest BCUT2D eigenvalue weighted by Crippen LogP contribution is 2.29. The van der Waals surface area contributed by atoms with Gasteiger partial charge in [-0.25, -0.2) is 4.79 Å². The number of nitrogens with zero attached hydrogens (tertiary/aromatic N) is 2. The number of aromatic amines is 1. The summed E-state index contributed by atoms with van der Waals surface area (Å²) < 4.78 is 1.14. The minimum Gasteiger partial charge on any atom is -0.388 e. The highest BCUT2D eigenvalue weighted by molar-refractivity contribution is 5.75. The molecule has 1 heterocycles. The van der Waals surface area contributed by atoms with E-state index in [0.29, 0.717) is 12.8 Å². The number of H-pyrrole nitrogens is 1. The first kappa shape index (κ1) is 14.5. The molecule has 0 atom stereocenters. The first-order chi connectivity index (χ1) is 9.39. The predicted molar refractivity (Wildman–Crippen MR) is 72.4 cm³/mol. The van der Waals surface area contributed by atoms with Crippen molar-refractivity contribution in [3.05, 3.63) is 33.1 Å². The Morgan fingerprint density at radius 1 is 1.45 bits per heavy atom. The molecule has 20 heavy (non-hydrogen) atoms. The molecule has 1 saturated carbocycles. The maximum Gasteiger partial charge on any atom is 0.328 e. The van der Waals surface area contributed by atoms with Gasteiger partial charge in [-0.15, -0.1) is 0 Å². The van der Waals surface area contributed by atoms with E-state index in [2.05, 4.69) is 4.98 Å². The summed E-state index contributed by atoms with van der Waals surface area (Å²) in [6.45, 7) is 0.117. The Labute approximate surface area is 115 Å². The third-order valence-corrected chi connectivity index (χ3v) is 3.69. The SMILES string of the molecule is CN(CC1(O)CCCC1)C(=O)Cn1ccc(=O)[nH]c1=O. The highest BCUT2D eigenvalue weighted by Gasteiger charge is 2.33. The Morgan fingerprint density at radius 3 is 2.70 bits per heavy atom. The zero-order valence-corrected chi connectivity index (χ0v) is 11.5. The number of nitrogens with one attached hydrogen (secondary N) is 1. The first-order valence-electron chi connectivity index (χ1n) is 6.66. The minimum absolute atomic E-state index is 0.151. The summed E-state index contributed by atoms with van der Waals surface area (Å²) in [5.74, 6) is -0.278. The summed E-state index contributed by atoms with van der Waals surface area (Å²) in [4.78, 5) is 38.0. The number of rotatable bonds is 4. The van der Waals surface area contributed by atoms with Crippen LogP contribution in [0.4, 0.5) is 0 Å². The molecule has 1 amide bonds. The predicted octanol–water partition coefficient (Wildman–Crippen LogP) is -0.700. The molecule has 7 nitrogen and oxygen atoms in total. The van der Waals surface area contributed by atoms with Crippen molar-refractivity contribution < 1.29 is 9.90 Å². The molecule has 1 aliphatic rings. The van der Waals surface area contributed by atoms with Gasteiger partial charge in [-0.2, -0.15) is 0 Å². The second-order valence-electron chi connectivity index (χ2n) is 5.42. The van der Waals surface area contributed by atoms with E-state index >= 15 is 0 Å². The second kappa shape index (κ2) is 5.62. The first-order valence-corrected chi connectivity index (χ1v) is 6.66. The maximum absolute atomic E-state index is 12.0. The van der Waals surface area contributed by atoms with Crippen molar-refractivity contribution in [1.82, 2.24) is 14.5 Å². The zero-order valence-electron chi connectivity index (χ0n) is 11.5. The number of hydrogen-bond donors (Lipinski definition) is 2. The monoisotopic (exact) mass is 281 g/mol. The van der Waals surface area contributed by atoms with Crippen LogP contribution in [0.25, 0.3) is 0 Å². The van der Waals surface area contributed by atoms with E-state index in [0.717, 1.165) is 17.4 Å². The lowest BCUT2D eigenvalue weighted by atomic mass is 10.0. The third kappa shape index (κ3) is 3.36. The largest absolute Gasteiger partial charge is 0.388 e. The number of aromatic nitrogens is 2. The van der Waals surface area contributed by atoms with Gasteiger partial charge in [0.1, 0.15) is 6.54 Å². The van der Waals surface area contributed by atoms with E-state index in [9.17, 15) is 19.5 Å². The summed E-state index contributed by atoms with van der Waals surface area (Å²) in [5.41, 5.74) is -1.91. The van der Waals surface area contributed by atoms with Crippen molar-refractivity contribution in [3.8, 4) is 0 Å². The molecule has 0 unspecified atom stereocenters. The molecular formula is C13H19N3O4. The van der Waals surface area contributed by atoms with E-state index in [-0.39, 0.29) is 19.0 Å². The van der Waals surface area contributed by atoms with E-state index in [1.165, 1.54) is 17.2 Å². The fourth-order valence-corrected chi connectivity index (χ4v) is 2.56. The Balaban J connectivity index is 2.00.